The number of aliphatic carboxylic acids is 1. The van der Waals surface area contributed by atoms with Gasteiger partial charge in [-0.15, -0.1) is 0 Å². The average Bonchev–Trinajstić information content (AvgIpc) is 2.34. The van der Waals surface area contributed by atoms with Gasteiger partial charge in [0, 0.05) is 13.1 Å². The molecule has 0 spiro atoms. The van der Waals surface area contributed by atoms with Crippen LogP contribution in [0.3, 0.4) is 0 Å². The molecule has 0 aromatic carbocycles. The maximum absolute atomic E-state index is 10.2. The van der Waals surface area contributed by atoms with E-state index in [-0.39, 0.29) is 13.0 Å². The van der Waals surface area contributed by atoms with Crippen LogP contribution in [0.4, 0.5) is 0 Å². The van der Waals surface area contributed by atoms with E-state index in [1.807, 2.05) is 0 Å². The molecule has 0 radical (unpaired) electrons. The second-order valence-corrected chi connectivity index (χ2v) is 3.96. The molecular formula is C11H22N2O4S. The third-order valence-corrected chi connectivity index (χ3v) is 2.19. The number of carboxylic acid groups (broad SMARTS) is 1. The Hall–Kier alpha value is -0.920. The number of hydrogen-bond acceptors (Lipinski definition) is 4. The van der Waals surface area contributed by atoms with E-state index in [1.165, 1.54) is 0 Å². The van der Waals surface area contributed by atoms with E-state index in [0.717, 1.165) is 13.0 Å². The van der Waals surface area contributed by atoms with Crippen LogP contribution in [0, 0.1) is 0 Å². The zero-order chi connectivity index (χ0) is 13.6. The lowest BCUT2D eigenvalue weighted by Gasteiger charge is -2.09. The summed E-state index contributed by atoms with van der Waals surface area (Å²) in [6, 6.07) is 0. The molecule has 0 aliphatic rings. The topological polar surface area (TPSA) is 79.8 Å². The van der Waals surface area contributed by atoms with E-state index >= 15 is 0 Å². The molecule has 0 aliphatic heterocycles. The van der Waals surface area contributed by atoms with Crippen LogP contribution in [0.1, 0.15) is 19.8 Å². The van der Waals surface area contributed by atoms with Crippen LogP contribution >= 0.6 is 12.2 Å². The van der Waals surface area contributed by atoms with E-state index in [4.69, 9.17) is 26.8 Å². The zero-order valence-corrected chi connectivity index (χ0v) is 11.6. The van der Waals surface area contributed by atoms with Gasteiger partial charge < -0.3 is 25.2 Å². The summed E-state index contributed by atoms with van der Waals surface area (Å²) in [5.74, 6) is -0.854. The summed E-state index contributed by atoms with van der Waals surface area (Å²) in [4.78, 5) is 10.2. The third-order valence-electron chi connectivity index (χ3n) is 1.90. The van der Waals surface area contributed by atoms with E-state index in [0.29, 0.717) is 31.5 Å². The van der Waals surface area contributed by atoms with E-state index in [2.05, 4.69) is 17.6 Å². The van der Waals surface area contributed by atoms with Gasteiger partial charge in [-0.2, -0.15) is 0 Å². The summed E-state index contributed by atoms with van der Waals surface area (Å²) in [6.07, 6.45) is 1.06. The molecule has 0 fully saturated rings. The first-order valence-electron chi connectivity index (χ1n) is 6.05. The van der Waals surface area contributed by atoms with E-state index in [9.17, 15) is 4.79 Å². The lowest BCUT2D eigenvalue weighted by molar-refractivity contribution is -0.138. The second-order valence-electron chi connectivity index (χ2n) is 3.55. The van der Waals surface area contributed by atoms with Gasteiger partial charge >= 0.3 is 5.97 Å². The van der Waals surface area contributed by atoms with Gasteiger partial charge in [0.25, 0.3) is 0 Å². The van der Waals surface area contributed by atoms with Gasteiger partial charge in [-0.25, -0.2) is 0 Å². The first-order valence-corrected chi connectivity index (χ1v) is 6.46. The van der Waals surface area contributed by atoms with Gasteiger partial charge in [0.2, 0.25) is 0 Å². The molecule has 0 bridgehead atoms. The summed E-state index contributed by atoms with van der Waals surface area (Å²) in [7, 11) is 0. The normalized spacial score (nSPS) is 10.1. The molecule has 6 nitrogen and oxygen atoms in total. The molecule has 0 amide bonds. The molecule has 0 aromatic heterocycles. The Balaban J connectivity index is 3.11. The first-order chi connectivity index (χ1) is 8.66. The second kappa shape index (κ2) is 12.5. The fraction of sp³-hybridized carbons (Fsp3) is 0.818. The molecule has 7 heteroatoms. The summed E-state index contributed by atoms with van der Waals surface area (Å²) in [5, 5.41) is 15.1. The van der Waals surface area contributed by atoms with Crippen molar-refractivity contribution in [2.75, 3.05) is 39.5 Å². The van der Waals surface area contributed by atoms with Crippen molar-refractivity contribution in [3.63, 3.8) is 0 Å². The summed E-state index contributed by atoms with van der Waals surface area (Å²) in [5.41, 5.74) is 0. The predicted molar refractivity (Wildman–Crippen MR) is 72.8 cm³/mol. The monoisotopic (exact) mass is 278 g/mol. The Bertz CT molecular complexity index is 239. The first kappa shape index (κ1) is 17.1. The standard InChI is InChI=1S/C11H22N2O4S/c1-2-4-12-11(18)13-5-7-17-9-8-16-6-3-10(14)15/h2-9H2,1H3,(H,14,15)(H2,12,13,18). The SMILES string of the molecule is CCCNC(=S)NCCOCCOCCC(=O)O. The highest BCUT2D eigenvalue weighted by molar-refractivity contribution is 7.80. The largest absolute Gasteiger partial charge is 0.481 e. The fourth-order valence-electron chi connectivity index (χ4n) is 1.02. The number of hydrogen-bond donors (Lipinski definition) is 3. The molecule has 0 aromatic rings. The smallest absolute Gasteiger partial charge is 0.305 e. The quantitative estimate of drug-likeness (QED) is 0.372. The van der Waals surface area contributed by atoms with Gasteiger partial charge in [-0.1, -0.05) is 6.92 Å². The van der Waals surface area contributed by atoms with Crippen LogP contribution in [0.5, 0.6) is 0 Å². The van der Waals surface area contributed by atoms with Crippen molar-refractivity contribution in [1.29, 1.82) is 0 Å². The number of carboxylic acids is 1. The number of nitrogens with one attached hydrogen (secondary N) is 2. The molecule has 0 unspecified atom stereocenters. The molecule has 106 valence electrons. The molecule has 0 aliphatic carbocycles. The zero-order valence-electron chi connectivity index (χ0n) is 10.7. The highest BCUT2D eigenvalue weighted by atomic mass is 32.1. The Labute approximate surface area is 113 Å². The van der Waals surface area contributed by atoms with Crippen molar-refractivity contribution >= 4 is 23.3 Å². The fourth-order valence-corrected chi connectivity index (χ4v) is 1.22. The molecule has 0 saturated carbocycles. The van der Waals surface area contributed by atoms with Crippen molar-refractivity contribution in [2.24, 2.45) is 0 Å². The molecular weight excluding hydrogens is 256 g/mol. The Morgan fingerprint density at radius 3 is 2.33 bits per heavy atom. The number of rotatable bonds is 11. The molecule has 0 atom stereocenters. The Kier molecular flexibility index (Phi) is 11.9. The van der Waals surface area contributed by atoms with Gasteiger partial charge in [0.1, 0.15) is 0 Å². The van der Waals surface area contributed by atoms with Crippen LogP contribution in [0.25, 0.3) is 0 Å². The molecule has 0 saturated heterocycles. The van der Waals surface area contributed by atoms with Gasteiger partial charge in [0.15, 0.2) is 5.11 Å². The maximum atomic E-state index is 10.2. The molecule has 18 heavy (non-hydrogen) atoms. The van der Waals surface area contributed by atoms with Gasteiger partial charge in [-0.05, 0) is 18.6 Å². The van der Waals surface area contributed by atoms with Crippen molar-refractivity contribution in [2.45, 2.75) is 19.8 Å². The van der Waals surface area contributed by atoms with Crippen molar-refractivity contribution in [3.8, 4) is 0 Å². The Morgan fingerprint density at radius 1 is 1.11 bits per heavy atom. The minimum atomic E-state index is -0.854. The minimum Gasteiger partial charge on any atom is -0.481 e. The lowest BCUT2D eigenvalue weighted by Crippen LogP contribution is -2.37. The molecule has 0 heterocycles. The minimum absolute atomic E-state index is 0.0267. The van der Waals surface area contributed by atoms with Gasteiger partial charge in [-0.3, -0.25) is 4.79 Å². The Morgan fingerprint density at radius 2 is 1.72 bits per heavy atom. The highest BCUT2D eigenvalue weighted by Crippen LogP contribution is 1.83. The van der Waals surface area contributed by atoms with E-state index in [1.54, 1.807) is 0 Å². The summed E-state index contributed by atoms with van der Waals surface area (Å²) >= 11 is 5.02. The average molecular weight is 278 g/mol. The van der Waals surface area contributed by atoms with Crippen LogP contribution < -0.4 is 10.6 Å². The summed E-state index contributed by atoms with van der Waals surface area (Å²) in [6.45, 7) is 5.21. The van der Waals surface area contributed by atoms with E-state index < -0.39 is 5.97 Å². The van der Waals surface area contributed by atoms with Crippen LogP contribution in [0.15, 0.2) is 0 Å². The van der Waals surface area contributed by atoms with Crippen LogP contribution in [-0.2, 0) is 14.3 Å². The third kappa shape index (κ3) is 13.1. The molecule has 0 rings (SSSR count). The molecule has 3 N–H and O–H groups in total. The van der Waals surface area contributed by atoms with Crippen LogP contribution in [-0.4, -0.2) is 55.7 Å². The summed E-state index contributed by atoms with van der Waals surface area (Å²) < 4.78 is 10.3. The van der Waals surface area contributed by atoms with Gasteiger partial charge in [0.05, 0.1) is 32.8 Å². The number of carbonyl (C=O) groups is 1. The van der Waals surface area contributed by atoms with Crippen LogP contribution in [0.2, 0.25) is 0 Å². The van der Waals surface area contributed by atoms with Crippen molar-refractivity contribution in [3.05, 3.63) is 0 Å². The number of thiocarbonyl (C=S) groups is 1. The van der Waals surface area contributed by atoms with Crippen molar-refractivity contribution in [1.82, 2.24) is 10.6 Å². The predicted octanol–water partition coefficient (Wildman–Crippen LogP) is 0.368. The lowest BCUT2D eigenvalue weighted by atomic mass is 10.5. The van der Waals surface area contributed by atoms with Crippen molar-refractivity contribution < 1.29 is 19.4 Å². The highest BCUT2D eigenvalue weighted by Gasteiger charge is 1.96. The maximum Gasteiger partial charge on any atom is 0.305 e. The number of ether oxygens (including phenoxy) is 2.